The van der Waals surface area contributed by atoms with Gasteiger partial charge in [0.15, 0.2) is 0 Å². The van der Waals surface area contributed by atoms with Crippen molar-refractivity contribution in [2.24, 2.45) is 0 Å². The molecule has 0 saturated carbocycles. The summed E-state index contributed by atoms with van der Waals surface area (Å²) in [6, 6.07) is 18.2. The molecule has 0 radical (unpaired) electrons. The normalized spacial score (nSPS) is 12.5. The molecule has 0 aliphatic heterocycles. The lowest BCUT2D eigenvalue weighted by Gasteiger charge is -2.35. The van der Waals surface area contributed by atoms with Gasteiger partial charge in [0.2, 0.25) is 11.8 Å². The van der Waals surface area contributed by atoms with Crippen molar-refractivity contribution in [1.29, 1.82) is 0 Å². The molecule has 0 fully saturated rings. The van der Waals surface area contributed by atoms with E-state index in [1.807, 2.05) is 60.6 Å². The van der Waals surface area contributed by atoms with Crippen molar-refractivity contribution in [1.82, 2.24) is 10.2 Å². The van der Waals surface area contributed by atoms with E-state index in [1.54, 1.807) is 54.6 Å². The molecular formula is C32H40ClN3O4S. The molecule has 0 unspecified atom stereocenters. The van der Waals surface area contributed by atoms with Gasteiger partial charge in [-0.15, -0.1) is 0 Å². The van der Waals surface area contributed by atoms with Crippen molar-refractivity contribution in [3.05, 3.63) is 94.0 Å². The van der Waals surface area contributed by atoms with Crippen LogP contribution in [0.1, 0.15) is 56.4 Å². The van der Waals surface area contributed by atoms with Crippen molar-refractivity contribution >= 4 is 39.1 Å². The van der Waals surface area contributed by atoms with Crippen LogP contribution in [0.4, 0.5) is 5.69 Å². The van der Waals surface area contributed by atoms with Gasteiger partial charge in [0.1, 0.15) is 12.6 Å². The molecular weight excluding hydrogens is 558 g/mol. The first kappa shape index (κ1) is 32.2. The van der Waals surface area contributed by atoms with Crippen LogP contribution in [0.5, 0.6) is 0 Å². The number of benzene rings is 3. The number of hydrogen-bond acceptors (Lipinski definition) is 4. The summed E-state index contributed by atoms with van der Waals surface area (Å²) in [6.45, 7) is 12.6. The van der Waals surface area contributed by atoms with Crippen LogP contribution < -0.4 is 9.62 Å². The maximum absolute atomic E-state index is 14.2. The highest BCUT2D eigenvalue weighted by molar-refractivity contribution is 7.92. The molecule has 41 heavy (non-hydrogen) atoms. The molecule has 0 bridgehead atoms. The first-order chi connectivity index (χ1) is 19.2. The van der Waals surface area contributed by atoms with Crippen LogP contribution in [0, 0.1) is 20.8 Å². The summed E-state index contributed by atoms with van der Waals surface area (Å²) in [6.07, 6.45) is 0.326. The third-order valence-electron chi connectivity index (χ3n) is 6.92. The third kappa shape index (κ3) is 7.89. The summed E-state index contributed by atoms with van der Waals surface area (Å²) < 4.78 is 29.3. The van der Waals surface area contributed by atoms with Crippen LogP contribution in [-0.2, 0) is 26.2 Å². The number of anilines is 1. The van der Waals surface area contributed by atoms with Gasteiger partial charge in [-0.3, -0.25) is 13.9 Å². The standard InChI is InChI=1S/C32H40ClN3O4S/c1-8-28(31(38)34-32(5,6)7)35(20-25-13-9-10-14-27(25)33)30(37)21-36(29-15-11-12-23(3)24(29)4)41(39,40)26-18-16-22(2)17-19-26/h9-19,28H,8,20-21H2,1-7H3,(H,34,38)/t28-/m1/s1. The predicted molar refractivity (Wildman–Crippen MR) is 166 cm³/mol. The quantitative estimate of drug-likeness (QED) is 0.302. The molecule has 9 heteroatoms. The molecule has 7 nitrogen and oxygen atoms in total. The average Bonchev–Trinajstić information content (AvgIpc) is 2.89. The molecule has 3 rings (SSSR count). The number of amides is 2. The van der Waals surface area contributed by atoms with E-state index < -0.39 is 34.1 Å². The van der Waals surface area contributed by atoms with Crippen molar-refractivity contribution in [3.63, 3.8) is 0 Å². The number of carbonyl (C=O) groups is 2. The van der Waals surface area contributed by atoms with Gasteiger partial charge in [0.25, 0.3) is 10.0 Å². The second kappa shape index (κ2) is 13.1. The number of sulfonamides is 1. The van der Waals surface area contributed by atoms with Crippen molar-refractivity contribution in [3.8, 4) is 0 Å². The molecule has 220 valence electrons. The summed E-state index contributed by atoms with van der Waals surface area (Å²) in [7, 11) is -4.14. The summed E-state index contributed by atoms with van der Waals surface area (Å²) in [5.74, 6) is -0.836. The third-order valence-corrected chi connectivity index (χ3v) is 9.06. The fourth-order valence-electron chi connectivity index (χ4n) is 4.54. The Hall–Kier alpha value is -3.36. The van der Waals surface area contributed by atoms with E-state index in [0.29, 0.717) is 22.7 Å². The molecule has 3 aromatic rings. The Labute approximate surface area is 249 Å². The van der Waals surface area contributed by atoms with E-state index in [-0.39, 0.29) is 17.3 Å². The number of hydrogen-bond donors (Lipinski definition) is 1. The molecule has 2 amide bonds. The minimum atomic E-state index is -4.14. The van der Waals surface area contributed by atoms with Crippen LogP contribution in [0.15, 0.2) is 71.6 Å². The van der Waals surface area contributed by atoms with Gasteiger partial charge < -0.3 is 10.2 Å². The Morgan fingerprint density at radius 2 is 1.56 bits per heavy atom. The highest BCUT2D eigenvalue weighted by Gasteiger charge is 2.35. The summed E-state index contributed by atoms with van der Waals surface area (Å²) in [5, 5.41) is 3.42. The van der Waals surface area contributed by atoms with Crippen molar-refractivity contribution in [2.75, 3.05) is 10.8 Å². The maximum Gasteiger partial charge on any atom is 0.264 e. The van der Waals surface area contributed by atoms with Crippen LogP contribution in [0.3, 0.4) is 0 Å². The van der Waals surface area contributed by atoms with E-state index >= 15 is 0 Å². The van der Waals surface area contributed by atoms with Gasteiger partial charge in [-0.25, -0.2) is 8.42 Å². The Morgan fingerprint density at radius 1 is 0.927 bits per heavy atom. The number of nitrogens with one attached hydrogen (secondary N) is 1. The van der Waals surface area contributed by atoms with Gasteiger partial charge in [-0.05, 0) is 88.9 Å². The molecule has 3 aromatic carbocycles. The Balaban J connectivity index is 2.13. The van der Waals surface area contributed by atoms with E-state index in [2.05, 4.69) is 5.32 Å². The summed E-state index contributed by atoms with van der Waals surface area (Å²) >= 11 is 6.47. The summed E-state index contributed by atoms with van der Waals surface area (Å²) in [5.41, 5.74) is 3.09. The minimum absolute atomic E-state index is 0.0415. The SMILES string of the molecule is CC[C@H](C(=O)NC(C)(C)C)N(Cc1ccccc1Cl)C(=O)CN(c1cccc(C)c1C)S(=O)(=O)c1ccc(C)cc1. The highest BCUT2D eigenvalue weighted by atomic mass is 35.5. The first-order valence-electron chi connectivity index (χ1n) is 13.7. The largest absolute Gasteiger partial charge is 0.350 e. The molecule has 0 aliphatic carbocycles. The first-order valence-corrected chi connectivity index (χ1v) is 15.5. The molecule has 0 heterocycles. The fraction of sp³-hybridized carbons (Fsp3) is 0.375. The fourth-order valence-corrected chi connectivity index (χ4v) is 6.21. The Bertz CT molecular complexity index is 1500. The van der Waals surface area contributed by atoms with E-state index in [0.717, 1.165) is 21.0 Å². The zero-order valence-electron chi connectivity index (χ0n) is 24.9. The molecule has 0 saturated heterocycles. The molecule has 1 atom stereocenters. The molecule has 0 aliphatic rings. The number of rotatable bonds is 10. The topological polar surface area (TPSA) is 86.8 Å². The lowest BCUT2D eigenvalue weighted by atomic mass is 10.1. The second-order valence-electron chi connectivity index (χ2n) is 11.3. The van der Waals surface area contributed by atoms with Gasteiger partial charge in [0, 0.05) is 17.1 Å². The molecule has 0 aromatic heterocycles. The van der Waals surface area contributed by atoms with Gasteiger partial charge in [-0.1, -0.05) is 66.6 Å². The maximum atomic E-state index is 14.2. The number of aryl methyl sites for hydroxylation is 2. The number of nitrogens with zero attached hydrogens (tertiary/aromatic N) is 2. The lowest BCUT2D eigenvalue weighted by molar-refractivity contribution is -0.141. The van der Waals surface area contributed by atoms with Crippen LogP contribution in [0.2, 0.25) is 5.02 Å². The van der Waals surface area contributed by atoms with Gasteiger partial charge in [0.05, 0.1) is 10.6 Å². The zero-order chi connectivity index (χ0) is 30.5. The predicted octanol–water partition coefficient (Wildman–Crippen LogP) is 6.18. The smallest absolute Gasteiger partial charge is 0.264 e. The van der Waals surface area contributed by atoms with E-state index in [1.165, 1.54) is 4.90 Å². The zero-order valence-corrected chi connectivity index (χ0v) is 26.4. The second-order valence-corrected chi connectivity index (χ2v) is 13.6. The molecule has 1 N–H and O–H groups in total. The average molecular weight is 598 g/mol. The monoisotopic (exact) mass is 597 g/mol. The van der Waals surface area contributed by atoms with E-state index in [9.17, 15) is 18.0 Å². The number of halogens is 1. The minimum Gasteiger partial charge on any atom is -0.350 e. The van der Waals surface area contributed by atoms with Crippen LogP contribution in [-0.4, -0.2) is 43.3 Å². The summed E-state index contributed by atoms with van der Waals surface area (Å²) in [4.78, 5) is 29.2. The van der Waals surface area contributed by atoms with Crippen LogP contribution in [0.25, 0.3) is 0 Å². The van der Waals surface area contributed by atoms with Gasteiger partial charge in [-0.2, -0.15) is 0 Å². The Morgan fingerprint density at radius 3 is 2.15 bits per heavy atom. The lowest BCUT2D eigenvalue weighted by Crippen LogP contribution is -2.55. The van der Waals surface area contributed by atoms with Crippen LogP contribution >= 0.6 is 11.6 Å². The van der Waals surface area contributed by atoms with E-state index in [4.69, 9.17) is 11.6 Å². The van der Waals surface area contributed by atoms with Gasteiger partial charge >= 0.3 is 0 Å². The van der Waals surface area contributed by atoms with Crippen molar-refractivity contribution < 1.29 is 18.0 Å². The Kier molecular flexibility index (Phi) is 10.3. The highest BCUT2D eigenvalue weighted by Crippen LogP contribution is 2.30. The molecule has 0 spiro atoms. The number of carbonyl (C=O) groups excluding carboxylic acids is 2. The van der Waals surface area contributed by atoms with Crippen molar-refractivity contribution in [2.45, 2.75) is 77.9 Å².